The largest absolute Gasteiger partial charge is 0.456 e. The molecule has 0 saturated carbocycles. The molecule has 0 aromatic heterocycles. The summed E-state index contributed by atoms with van der Waals surface area (Å²) < 4.78 is 7.56. The lowest BCUT2D eigenvalue weighted by Gasteiger charge is -2.41. The van der Waals surface area contributed by atoms with Gasteiger partial charge in [0.05, 0.1) is 22.2 Å². The molecule has 404 valence electrons. The van der Waals surface area contributed by atoms with Gasteiger partial charge in [0.2, 0.25) is 0 Å². The van der Waals surface area contributed by atoms with Crippen molar-refractivity contribution in [2.75, 3.05) is 4.90 Å². The van der Waals surface area contributed by atoms with Gasteiger partial charge in [-0.1, -0.05) is 296 Å². The van der Waals surface area contributed by atoms with Crippen LogP contribution in [-0.2, 0) is 21.7 Å². The molecule has 0 atom stereocenters. The van der Waals surface area contributed by atoms with Gasteiger partial charge in [-0.05, 0) is 125 Å². The molecule has 84 heavy (non-hydrogen) atoms. The van der Waals surface area contributed by atoms with E-state index >= 15 is 0 Å². The molecular weight excluding hydrogens is 1010 g/mol. The summed E-state index contributed by atoms with van der Waals surface area (Å²) in [6.07, 6.45) is 0. The summed E-state index contributed by atoms with van der Waals surface area (Å²) in [7, 11) is 0. The molecule has 2 nitrogen and oxygen atoms in total. The summed E-state index contributed by atoms with van der Waals surface area (Å²) in [6.45, 7) is 14.0. The van der Waals surface area contributed by atoms with E-state index in [9.17, 15) is 0 Å². The van der Waals surface area contributed by atoms with Crippen molar-refractivity contribution in [1.82, 2.24) is 0 Å². The molecule has 3 aliphatic rings. The van der Waals surface area contributed by atoms with Crippen LogP contribution in [0.4, 0.5) is 17.1 Å². The van der Waals surface area contributed by atoms with E-state index in [1.165, 1.54) is 77.9 Å². The molecule has 0 fully saturated rings. The number of ether oxygens (including phenoxy) is 1. The first-order chi connectivity index (χ1) is 40.9. The second-order valence-corrected chi connectivity index (χ2v) is 25.1. The Bertz CT molecular complexity index is 4420. The first-order valence-corrected chi connectivity index (χ1v) is 29.7. The van der Waals surface area contributed by atoms with Gasteiger partial charge in [0, 0.05) is 33.5 Å². The topological polar surface area (TPSA) is 12.5 Å². The zero-order valence-corrected chi connectivity index (χ0v) is 48.5. The van der Waals surface area contributed by atoms with Crippen molar-refractivity contribution in [1.29, 1.82) is 0 Å². The van der Waals surface area contributed by atoms with E-state index in [1.807, 2.05) is 0 Å². The number of rotatable bonds is 8. The number of hydrogen-bond donors (Lipinski definition) is 0. The minimum Gasteiger partial charge on any atom is -0.456 e. The van der Waals surface area contributed by atoms with E-state index in [2.05, 4.69) is 332 Å². The molecule has 0 bridgehead atoms. The molecule has 0 radical (unpaired) electrons. The van der Waals surface area contributed by atoms with Crippen LogP contribution in [0, 0.1) is 0 Å². The van der Waals surface area contributed by atoms with Crippen LogP contribution in [0.15, 0.2) is 285 Å². The molecule has 2 aliphatic carbocycles. The molecule has 0 amide bonds. The molecule has 1 heterocycles. The lowest BCUT2D eigenvalue weighted by Crippen LogP contribution is -2.33. The van der Waals surface area contributed by atoms with Crippen molar-refractivity contribution in [2.45, 2.75) is 63.2 Å². The summed E-state index contributed by atoms with van der Waals surface area (Å²) in [5.74, 6) is 1.74. The van der Waals surface area contributed by atoms with Gasteiger partial charge in [0.25, 0.3) is 0 Å². The van der Waals surface area contributed by atoms with E-state index in [0.717, 1.165) is 61.9 Å². The fraction of sp³-hybridized carbons (Fsp3) is 0.122. The lowest BCUT2D eigenvalue weighted by atomic mass is 9.64. The Balaban J connectivity index is 1.00. The SMILES string of the molecule is CC(C)(C)c1ccc2c(c1)C1(c3ccccc3Oc3c(-c4ccccc4N(c4ccc5c(c4)C(c4ccccc4)(c4ccccc4)c4ccccc4-5)c4ccccc4-c4ccc(-c5ccccc5)cc4)cccc31)c1cc(C(C)(C)C)ccc1-2. The third-order valence-corrected chi connectivity index (χ3v) is 18.4. The molecule has 12 aromatic carbocycles. The van der Waals surface area contributed by atoms with Gasteiger partial charge in [-0.3, -0.25) is 0 Å². The first kappa shape index (κ1) is 51.1. The zero-order chi connectivity index (χ0) is 57.0. The van der Waals surface area contributed by atoms with E-state index < -0.39 is 10.8 Å². The van der Waals surface area contributed by atoms with Gasteiger partial charge in [-0.25, -0.2) is 0 Å². The molecule has 0 N–H and O–H groups in total. The highest BCUT2D eigenvalue weighted by molar-refractivity contribution is 5.98. The van der Waals surface area contributed by atoms with E-state index in [-0.39, 0.29) is 10.8 Å². The molecule has 0 saturated heterocycles. The normalized spacial score (nSPS) is 13.9. The predicted octanol–water partition coefficient (Wildman–Crippen LogP) is 21.6. The second-order valence-electron chi connectivity index (χ2n) is 25.1. The van der Waals surface area contributed by atoms with Crippen molar-refractivity contribution >= 4 is 17.1 Å². The number of anilines is 3. The van der Waals surface area contributed by atoms with Crippen LogP contribution in [0.3, 0.4) is 0 Å². The molecule has 15 rings (SSSR count). The fourth-order valence-electron chi connectivity index (χ4n) is 14.4. The van der Waals surface area contributed by atoms with Gasteiger partial charge >= 0.3 is 0 Å². The Labute approximate surface area is 495 Å². The highest BCUT2D eigenvalue weighted by atomic mass is 16.5. The van der Waals surface area contributed by atoms with Gasteiger partial charge in [0.1, 0.15) is 11.5 Å². The van der Waals surface area contributed by atoms with Crippen molar-refractivity contribution < 1.29 is 4.74 Å². The molecule has 12 aromatic rings. The summed E-state index contributed by atoms with van der Waals surface area (Å²) in [5.41, 5.74) is 25.9. The second kappa shape index (κ2) is 19.4. The smallest absolute Gasteiger partial charge is 0.140 e. The Morgan fingerprint density at radius 2 is 0.714 bits per heavy atom. The van der Waals surface area contributed by atoms with Crippen LogP contribution in [0.25, 0.3) is 55.6 Å². The molecule has 0 unspecified atom stereocenters. The van der Waals surface area contributed by atoms with Crippen molar-refractivity contribution in [3.05, 3.63) is 341 Å². The standard InChI is InChI=1S/C82H65NO/c1-79(2,3)59-45-48-64-65-49-46-60(80(4,5)6)52-73(65)82(72(64)51-59)70-36-20-23-40-77(70)84-78-68(34-24-37-71(78)82)67-33-18-22-39-76(67)83(75-38-21-17-31-62(75)56-43-41-55(42-44-56)54-25-10-7-11-26-54)61-47-50-66-63-32-16-19-35-69(63)81(74(66)53-61,57-27-12-8-13-28-57)58-29-14-9-15-30-58/h7-53H,1-6H3. The maximum Gasteiger partial charge on any atom is 0.140 e. The number of benzene rings is 12. The third-order valence-electron chi connectivity index (χ3n) is 18.4. The predicted molar refractivity (Wildman–Crippen MR) is 350 cm³/mol. The van der Waals surface area contributed by atoms with Gasteiger partial charge in [-0.2, -0.15) is 0 Å². The number of hydrogen-bond acceptors (Lipinski definition) is 2. The summed E-state index contributed by atoms with van der Waals surface area (Å²) >= 11 is 0. The number of fused-ring (bicyclic) bond motifs is 12. The van der Waals surface area contributed by atoms with Crippen LogP contribution < -0.4 is 9.64 Å². The van der Waals surface area contributed by atoms with Crippen LogP contribution in [0.1, 0.15) is 97.2 Å². The van der Waals surface area contributed by atoms with E-state index in [4.69, 9.17) is 4.74 Å². The average Bonchev–Trinajstić information content (AvgIpc) is 1.76. The van der Waals surface area contributed by atoms with Crippen molar-refractivity contribution in [3.8, 4) is 67.1 Å². The summed E-state index contributed by atoms with van der Waals surface area (Å²) in [4.78, 5) is 2.52. The number of para-hydroxylation sites is 4. The molecule has 1 spiro atoms. The maximum atomic E-state index is 7.56. The highest BCUT2D eigenvalue weighted by Gasteiger charge is 2.53. The van der Waals surface area contributed by atoms with Crippen LogP contribution >= 0.6 is 0 Å². The van der Waals surface area contributed by atoms with Crippen LogP contribution in [-0.4, -0.2) is 0 Å². The summed E-state index contributed by atoms with van der Waals surface area (Å²) in [5, 5.41) is 0. The Morgan fingerprint density at radius 3 is 1.32 bits per heavy atom. The number of nitrogens with zero attached hydrogens (tertiary/aromatic N) is 1. The minimum absolute atomic E-state index is 0.0816. The molecule has 2 heteroatoms. The lowest BCUT2D eigenvalue weighted by molar-refractivity contribution is 0.437. The van der Waals surface area contributed by atoms with E-state index in [0.29, 0.717) is 0 Å². The third kappa shape index (κ3) is 7.77. The molecule has 1 aliphatic heterocycles. The van der Waals surface area contributed by atoms with Crippen molar-refractivity contribution in [3.63, 3.8) is 0 Å². The van der Waals surface area contributed by atoms with E-state index in [1.54, 1.807) is 0 Å². The maximum absolute atomic E-state index is 7.56. The molecular formula is C82H65NO. The average molecular weight is 1080 g/mol. The zero-order valence-electron chi connectivity index (χ0n) is 48.5. The Hall–Kier alpha value is -9.76. The van der Waals surface area contributed by atoms with Crippen LogP contribution in [0.5, 0.6) is 11.5 Å². The monoisotopic (exact) mass is 1080 g/mol. The van der Waals surface area contributed by atoms with Gasteiger partial charge in [-0.15, -0.1) is 0 Å². The fourth-order valence-corrected chi connectivity index (χ4v) is 14.4. The van der Waals surface area contributed by atoms with Gasteiger partial charge < -0.3 is 9.64 Å². The highest BCUT2D eigenvalue weighted by Crippen LogP contribution is 2.65. The Morgan fingerprint density at radius 1 is 0.286 bits per heavy atom. The first-order valence-electron chi connectivity index (χ1n) is 29.7. The summed E-state index contributed by atoms with van der Waals surface area (Å²) in [6, 6.07) is 106. The van der Waals surface area contributed by atoms with Gasteiger partial charge in [0.15, 0.2) is 0 Å². The minimum atomic E-state index is -0.687. The van der Waals surface area contributed by atoms with Crippen molar-refractivity contribution in [2.24, 2.45) is 0 Å². The quantitative estimate of drug-likeness (QED) is 0.150. The Kier molecular flexibility index (Phi) is 11.8. The van der Waals surface area contributed by atoms with Crippen LogP contribution in [0.2, 0.25) is 0 Å².